The zero-order chi connectivity index (χ0) is 42.1. The molecule has 0 aliphatic carbocycles. The molecule has 0 amide bonds. The van der Waals surface area contributed by atoms with Crippen LogP contribution in [0.3, 0.4) is 0 Å². The van der Waals surface area contributed by atoms with Crippen LogP contribution in [0.15, 0.2) is 36.5 Å². The van der Waals surface area contributed by atoms with E-state index in [4.69, 9.17) is 9.47 Å². The number of hydrogen-bond acceptors (Lipinski definition) is 5. The molecular weight excluding hydrogens is 717 g/mol. The molecule has 58 heavy (non-hydrogen) atoms. The van der Waals surface area contributed by atoms with Gasteiger partial charge in [-0.25, -0.2) is 0 Å². The summed E-state index contributed by atoms with van der Waals surface area (Å²) in [5.74, 6) is -0.586. The second-order valence-electron chi connectivity index (χ2n) is 17.2. The minimum atomic E-state index is -0.773. The number of aliphatic hydroxyl groups excluding tert-OH is 1. The lowest BCUT2D eigenvalue weighted by Crippen LogP contribution is -2.28. The van der Waals surface area contributed by atoms with E-state index in [9.17, 15) is 14.7 Å². The van der Waals surface area contributed by atoms with Gasteiger partial charge in [0.2, 0.25) is 0 Å². The first-order valence-corrected chi connectivity index (χ1v) is 25.5. The molecule has 1 unspecified atom stereocenters. The Morgan fingerprint density at radius 2 is 0.690 bits per heavy atom. The van der Waals surface area contributed by atoms with E-state index in [-0.39, 0.29) is 25.2 Å². The fraction of sp³-hybridized carbons (Fsp3) is 0.849. The van der Waals surface area contributed by atoms with Gasteiger partial charge in [-0.1, -0.05) is 224 Å². The van der Waals surface area contributed by atoms with Crippen LogP contribution in [0.2, 0.25) is 0 Å². The Hall–Kier alpha value is -1.88. The summed E-state index contributed by atoms with van der Waals surface area (Å²) in [5, 5.41) is 9.62. The quantitative estimate of drug-likeness (QED) is 0.0376. The maximum Gasteiger partial charge on any atom is 0.306 e. The van der Waals surface area contributed by atoms with Gasteiger partial charge in [-0.15, -0.1) is 0 Å². The Labute approximate surface area is 361 Å². The number of carbonyl (C=O) groups is 2. The summed E-state index contributed by atoms with van der Waals surface area (Å²) in [5.41, 5.74) is 0. The molecule has 0 bridgehead atoms. The first-order valence-electron chi connectivity index (χ1n) is 25.5. The van der Waals surface area contributed by atoms with E-state index < -0.39 is 6.10 Å². The minimum absolute atomic E-state index is 0.0654. The van der Waals surface area contributed by atoms with Gasteiger partial charge in [0.05, 0.1) is 6.61 Å². The van der Waals surface area contributed by atoms with Crippen LogP contribution in [-0.4, -0.2) is 36.4 Å². The van der Waals surface area contributed by atoms with Crippen molar-refractivity contribution in [1.82, 2.24) is 0 Å². The van der Waals surface area contributed by atoms with E-state index in [2.05, 4.69) is 50.3 Å². The Morgan fingerprint density at radius 1 is 0.397 bits per heavy atom. The van der Waals surface area contributed by atoms with Gasteiger partial charge in [0.1, 0.15) is 6.61 Å². The lowest BCUT2D eigenvalue weighted by molar-refractivity contribution is -0.161. The summed E-state index contributed by atoms with van der Waals surface area (Å²) in [7, 11) is 0. The van der Waals surface area contributed by atoms with Crippen LogP contribution in [0.25, 0.3) is 0 Å². The Kier molecular flexibility index (Phi) is 47.9. The normalized spacial score (nSPS) is 12.4. The first-order chi connectivity index (χ1) is 28.6. The van der Waals surface area contributed by atoms with Gasteiger partial charge in [0.15, 0.2) is 6.10 Å². The maximum atomic E-state index is 12.3. The zero-order valence-electron chi connectivity index (χ0n) is 38.8. The third-order valence-electron chi connectivity index (χ3n) is 11.4. The summed E-state index contributed by atoms with van der Waals surface area (Å²) < 4.78 is 10.7. The molecule has 0 spiro atoms. The summed E-state index contributed by atoms with van der Waals surface area (Å²) >= 11 is 0. The topological polar surface area (TPSA) is 72.8 Å². The van der Waals surface area contributed by atoms with Crippen molar-refractivity contribution in [2.24, 2.45) is 0 Å². The fourth-order valence-electron chi connectivity index (χ4n) is 7.52. The molecule has 5 nitrogen and oxygen atoms in total. The molecule has 340 valence electrons. The molecule has 0 aromatic heterocycles. The number of unbranched alkanes of at least 4 members (excludes halogenated alkanes) is 33. The van der Waals surface area contributed by atoms with Crippen molar-refractivity contribution in [2.45, 2.75) is 277 Å². The highest BCUT2D eigenvalue weighted by molar-refractivity contribution is 5.70. The molecule has 1 atom stereocenters. The van der Waals surface area contributed by atoms with Crippen LogP contribution in [0, 0.1) is 0 Å². The Balaban J connectivity index is 3.49. The largest absolute Gasteiger partial charge is 0.462 e. The van der Waals surface area contributed by atoms with Crippen LogP contribution in [0.1, 0.15) is 271 Å². The minimum Gasteiger partial charge on any atom is -0.462 e. The predicted octanol–water partition coefficient (Wildman–Crippen LogP) is 16.7. The molecule has 0 rings (SSSR count). The number of carbonyl (C=O) groups excluding carboxylic acids is 2. The van der Waals surface area contributed by atoms with E-state index >= 15 is 0 Å². The standard InChI is InChI=1S/C53H98O5/c1-3-5-7-9-11-13-15-17-19-21-23-25-26-28-29-31-33-35-37-39-41-43-45-47-52(55)57-50-51(49-54)58-53(56)48-46-44-42-40-38-36-34-32-30-27-24-22-20-18-16-14-12-10-8-6-4-2/h16,18,21-24,51,54H,3-15,17,19-20,25-50H2,1-2H3/b18-16-,23-21-,24-22-. The highest BCUT2D eigenvalue weighted by Gasteiger charge is 2.16. The average Bonchev–Trinajstić information content (AvgIpc) is 3.23. The van der Waals surface area contributed by atoms with E-state index in [1.807, 2.05) is 0 Å². The lowest BCUT2D eigenvalue weighted by atomic mass is 10.0. The van der Waals surface area contributed by atoms with Crippen molar-refractivity contribution in [3.63, 3.8) is 0 Å². The van der Waals surface area contributed by atoms with E-state index in [1.54, 1.807) is 0 Å². The molecular formula is C53H98O5. The molecule has 0 heterocycles. The van der Waals surface area contributed by atoms with Crippen LogP contribution in [0.5, 0.6) is 0 Å². The molecule has 0 fully saturated rings. The summed E-state index contributed by atoms with van der Waals surface area (Å²) in [4.78, 5) is 24.4. The van der Waals surface area contributed by atoms with Gasteiger partial charge in [-0.2, -0.15) is 0 Å². The van der Waals surface area contributed by atoms with Gasteiger partial charge < -0.3 is 14.6 Å². The van der Waals surface area contributed by atoms with E-state index in [0.717, 1.165) is 44.9 Å². The molecule has 0 aromatic rings. The molecule has 0 aliphatic rings. The molecule has 5 heteroatoms. The van der Waals surface area contributed by atoms with Crippen LogP contribution in [-0.2, 0) is 19.1 Å². The fourth-order valence-corrected chi connectivity index (χ4v) is 7.52. The number of allylic oxidation sites excluding steroid dienone is 6. The van der Waals surface area contributed by atoms with Crippen molar-refractivity contribution in [2.75, 3.05) is 13.2 Å². The zero-order valence-corrected chi connectivity index (χ0v) is 38.8. The average molecular weight is 815 g/mol. The van der Waals surface area contributed by atoms with Gasteiger partial charge in [-0.05, 0) is 70.6 Å². The van der Waals surface area contributed by atoms with Gasteiger partial charge in [0.25, 0.3) is 0 Å². The summed E-state index contributed by atoms with van der Waals surface area (Å²) in [6, 6.07) is 0. The van der Waals surface area contributed by atoms with Crippen molar-refractivity contribution in [3.05, 3.63) is 36.5 Å². The third kappa shape index (κ3) is 46.8. The Bertz CT molecular complexity index is 924. The lowest BCUT2D eigenvalue weighted by Gasteiger charge is -2.15. The van der Waals surface area contributed by atoms with E-state index in [1.165, 1.54) is 199 Å². The highest BCUT2D eigenvalue weighted by Crippen LogP contribution is 2.15. The number of esters is 2. The van der Waals surface area contributed by atoms with Crippen molar-refractivity contribution in [3.8, 4) is 0 Å². The first kappa shape index (κ1) is 56.1. The van der Waals surface area contributed by atoms with Crippen molar-refractivity contribution >= 4 is 11.9 Å². The van der Waals surface area contributed by atoms with Gasteiger partial charge in [-0.3, -0.25) is 9.59 Å². The number of hydrogen-bond donors (Lipinski definition) is 1. The highest BCUT2D eigenvalue weighted by atomic mass is 16.6. The Morgan fingerprint density at radius 3 is 1.03 bits per heavy atom. The van der Waals surface area contributed by atoms with Crippen LogP contribution < -0.4 is 0 Å². The van der Waals surface area contributed by atoms with Gasteiger partial charge in [0, 0.05) is 12.8 Å². The monoisotopic (exact) mass is 815 g/mol. The van der Waals surface area contributed by atoms with Crippen LogP contribution in [0.4, 0.5) is 0 Å². The third-order valence-corrected chi connectivity index (χ3v) is 11.4. The SMILES string of the molecule is CCCCCCC/C=C\C/C=C\CCCCCCCCCCCC(=O)OC(CO)COC(=O)CCCCCCCCCCCCC/C=C\CCCCCCCCCC. The number of rotatable bonds is 47. The second kappa shape index (κ2) is 49.5. The van der Waals surface area contributed by atoms with Gasteiger partial charge >= 0.3 is 11.9 Å². The molecule has 0 saturated heterocycles. The molecule has 0 aromatic carbocycles. The van der Waals surface area contributed by atoms with E-state index in [0.29, 0.717) is 12.8 Å². The predicted molar refractivity (Wildman–Crippen MR) is 251 cm³/mol. The smallest absolute Gasteiger partial charge is 0.306 e. The molecule has 0 radical (unpaired) electrons. The second-order valence-corrected chi connectivity index (χ2v) is 17.2. The van der Waals surface area contributed by atoms with Crippen molar-refractivity contribution in [1.29, 1.82) is 0 Å². The van der Waals surface area contributed by atoms with Crippen LogP contribution >= 0.6 is 0 Å². The molecule has 0 aliphatic heterocycles. The number of aliphatic hydroxyl groups is 1. The summed E-state index contributed by atoms with van der Waals surface area (Å²) in [6.07, 6.45) is 62.3. The molecule has 0 saturated carbocycles. The summed E-state index contributed by atoms with van der Waals surface area (Å²) in [6.45, 7) is 4.16. The number of ether oxygens (including phenoxy) is 2. The molecule has 1 N–H and O–H groups in total. The maximum absolute atomic E-state index is 12.3. The van der Waals surface area contributed by atoms with Crippen molar-refractivity contribution < 1.29 is 24.2 Å².